The van der Waals surface area contributed by atoms with Crippen LogP contribution < -0.4 is 10.0 Å². The van der Waals surface area contributed by atoms with Crippen molar-refractivity contribution in [3.63, 3.8) is 0 Å². The van der Waals surface area contributed by atoms with Crippen LogP contribution in [0.25, 0.3) is 0 Å². The Labute approximate surface area is 181 Å². The second-order valence-corrected chi connectivity index (χ2v) is 14.2. The Bertz CT molecular complexity index is 921. The SMILES string of the molecule is CCOP(=S)(OCC)C(CC1=NOP(=S)(c2ccc(OC)cc2)C1)c1ccco1. The number of hydrogen-bond donors (Lipinski definition) is 0. The van der Waals surface area contributed by atoms with E-state index in [1.165, 1.54) is 0 Å². The molecule has 2 unspecified atom stereocenters. The van der Waals surface area contributed by atoms with Crippen LogP contribution in [0.5, 0.6) is 5.75 Å². The fourth-order valence-electron chi connectivity index (χ4n) is 3.12. The molecule has 10 heteroatoms. The normalized spacial score (nSPS) is 20.2. The summed E-state index contributed by atoms with van der Waals surface area (Å²) in [4.78, 5) is 0. The fourth-order valence-corrected chi connectivity index (χ4v) is 9.10. The van der Waals surface area contributed by atoms with Crippen LogP contribution in [-0.2, 0) is 37.3 Å². The van der Waals surface area contributed by atoms with Gasteiger partial charge in [-0.05, 0) is 73.9 Å². The van der Waals surface area contributed by atoms with Gasteiger partial charge in [0, 0.05) is 11.7 Å². The second-order valence-electron chi connectivity index (χ2n) is 6.38. The molecular weight excluding hydrogens is 448 g/mol. The standard InChI is InChI=1S/C19H25NO5P2S2/c1-4-23-27(29,24-5-2)19(18-7-6-12-22-18)13-15-14-26(28,25-20-15)17-10-8-16(21-3)9-11-17/h6-12,19H,4-5,13-14H2,1-3H3. The highest BCUT2D eigenvalue weighted by molar-refractivity contribution is 8.16. The molecule has 0 saturated carbocycles. The third-order valence-corrected chi connectivity index (χ3v) is 11.7. The molecule has 6 nitrogen and oxygen atoms in total. The molecule has 158 valence electrons. The molecule has 2 aromatic rings. The lowest BCUT2D eigenvalue weighted by Gasteiger charge is -2.28. The Balaban J connectivity index is 1.82. The van der Waals surface area contributed by atoms with E-state index >= 15 is 0 Å². The lowest BCUT2D eigenvalue weighted by Crippen LogP contribution is -2.14. The van der Waals surface area contributed by atoms with Gasteiger partial charge in [0.05, 0.1) is 44.1 Å². The lowest BCUT2D eigenvalue weighted by atomic mass is 10.2. The number of nitrogens with zero attached hydrogens (tertiary/aromatic N) is 1. The number of benzene rings is 1. The Morgan fingerprint density at radius 2 is 1.86 bits per heavy atom. The highest BCUT2D eigenvalue weighted by Crippen LogP contribution is 2.64. The summed E-state index contributed by atoms with van der Waals surface area (Å²) in [5.41, 5.74) is 0.617. The fraction of sp³-hybridized carbons (Fsp3) is 0.421. The number of oxime groups is 1. The van der Waals surface area contributed by atoms with E-state index in [0.29, 0.717) is 25.8 Å². The van der Waals surface area contributed by atoms with E-state index in [-0.39, 0.29) is 5.66 Å². The van der Waals surface area contributed by atoms with Gasteiger partial charge >= 0.3 is 0 Å². The first-order valence-electron chi connectivity index (χ1n) is 9.34. The minimum absolute atomic E-state index is 0.243. The molecule has 0 amide bonds. The van der Waals surface area contributed by atoms with Crippen molar-refractivity contribution in [2.24, 2.45) is 5.16 Å². The zero-order chi connectivity index (χ0) is 20.9. The molecule has 2 heterocycles. The zero-order valence-electron chi connectivity index (χ0n) is 16.6. The van der Waals surface area contributed by atoms with Crippen molar-refractivity contribution in [3.05, 3.63) is 48.4 Å². The quantitative estimate of drug-likeness (QED) is 0.439. The number of ether oxygens (including phenoxy) is 1. The first-order chi connectivity index (χ1) is 13.9. The van der Waals surface area contributed by atoms with E-state index < -0.39 is 12.8 Å². The third-order valence-electron chi connectivity index (χ3n) is 4.46. The molecule has 1 aromatic carbocycles. The summed E-state index contributed by atoms with van der Waals surface area (Å²) in [7, 11) is 1.64. The molecule has 0 spiro atoms. The minimum Gasteiger partial charge on any atom is -0.497 e. The molecule has 1 aromatic heterocycles. The van der Waals surface area contributed by atoms with Gasteiger partial charge in [-0.25, -0.2) is 0 Å². The van der Waals surface area contributed by atoms with Crippen LogP contribution in [0.2, 0.25) is 0 Å². The van der Waals surface area contributed by atoms with Crippen LogP contribution in [0.4, 0.5) is 0 Å². The highest BCUT2D eigenvalue weighted by Gasteiger charge is 2.39. The molecule has 1 aliphatic rings. The molecule has 0 bridgehead atoms. The monoisotopic (exact) mass is 473 g/mol. The van der Waals surface area contributed by atoms with Gasteiger partial charge < -0.3 is 22.8 Å². The lowest BCUT2D eigenvalue weighted by molar-refractivity contribution is 0.256. The van der Waals surface area contributed by atoms with E-state index in [4.69, 9.17) is 46.4 Å². The predicted octanol–water partition coefficient (Wildman–Crippen LogP) is 5.21. The molecule has 29 heavy (non-hydrogen) atoms. The molecule has 0 fully saturated rings. The van der Waals surface area contributed by atoms with Crippen LogP contribution >= 0.6 is 12.8 Å². The summed E-state index contributed by atoms with van der Waals surface area (Å²) in [5, 5.41) is 5.31. The van der Waals surface area contributed by atoms with E-state index in [1.807, 2.05) is 50.2 Å². The maximum absolute atomic E-state index is 5.95. The van der Waals surface area contributed by atoms with Crippen molar-refractivity contribution in [1.82, 2.24) is 0 Å². The molecule has 2 atom stereocenters. The smallest absolute Gasteiger partial charge is 0.199 e. The average Bonchev–Trinajstić information content (AvgIpc) is 3.37. The van der Waals surface area contributed by atoms with Gasteiger partial charge in [0.2, 0.25) is 0 Å². The Morgan fingerprint density at radius 1 is 1.17 bits per heavy atom. The second kappa shape index (κ2) is 9.86. The first kappa shape index (κ1) is 22.7. The Morgan fingerprint density at radius 3 is 2.41 bits per heavy atom. The number of furan rings is 1. The summed E-state index contributed by atoms with van der Waals surface area (Å²) < 4.78 is 28.6. The summed E-state index contributed by atoms with van der Waals surface area (Å²) in [6, 6.07) is 11.4. The van der Waals surface area contributed by atoms with Gasteiger partial charge in [-0.3, -0.25) is 0 Å². The predicted molar refractivity (Wildman–Crippen MR) is 124 cm³/mol. The van der Waals surface area contributed by atoms with Gasteiger partial charge in [0.15, 0.2) is 12.8 Å². The van der Waals surface area contributed by atoms with Gasteiger partial charge in [-0.1, -0.05) is 5.16 Å². The van der Waals surface area contributed by atoms with Crippen molar-refractivity contribution in [2.75, 3.05) is 26.5 Å². The first-order valence-corrected chi connectivity index (χ1v) is 15.0. The minimum atomic E-state index is -2.63. The van der Waals surface area contributed by atoms with Gasteiger partial charge in [-0.2, -0.15) is 0 Å². The van der Waals surface area contributed by atoms with Crippen LogP contribution in [0.15, 0.2) is 52.2 Å². The van der Waals surface area contributed by atoms with Gasteiger partial charge in [0.25, 0.3) is 0 Å². The molecule has 0 radical (unpaired) electrons. The van der Waals surface area contributed by atoms with E-state index in [9.17, 15) is 0 Å². The molecule has 0 aliphatic carbocycles. The molecule has 0 N–H and O–H groups in total. The molecule has 3 rings (SSSR count). The Hall–Kier alpha value is -1.01. The maximum atomic E-state index is 5.95. The van der Waals surface area contributed by atoms with Crippen molar-refractivity contribution in [2.45, 2.75) is 25.9 Å². The van der Waals surface area contributed by atoms with Gasteiger partial charge in [0.1, 0.15) is 11.5 Å². The van der Waals surface area contributed by atoms with Crippen LogP contribution in [-0.4, -0.2) is 32.2 Å². The summed E-state index contributed by atoms with van der Waals surface area (Å²) >= 11 is 11.7. The van der Waals surface area contributed by atoms with Crippen LogP contribution in [0.3, 0.4) is 0 Å². The summed E-state index contributed by atoms with van der Waals surface area (Å²) in [5.74, 6) is 1.52. The molecule has 0 saturated heterocycles. The van der Waals surface area contributed by atoms with E-state index in [1.54, 1.807) is 13.4 Å². The summed E-state index contributed by atoms with van der Waals surface area (Å²) in [6.07, 6.45) is 0.459. The van der Waals surface area contributed by atoms with Crippen molar-refractivity contribution < 1.29 is 22.8 Å². The van der Waals surface area contributed by atoms with E-state index in [0.717, 1.165) is 22.5 Å². The summed E-state index contributed by atoms with van der Waals surface area (Å²) in [6.45, 7) is 2.15. The number of hydrogen-bond acceptors (Lipinski definition) is 8. The Kier molecular flexibility index (Phi) is 7.71. The molecular formula is C19H25NO5P2S2. The topological polar surface area (TPSA) is 62.4 Å². The zero-order valence-corrected chi connectivity index (χ0v) is 20.1. The van der Waals surface area contributed by atoms with E-state index in [2.05, 4.69) is 5.16 Å². The largest absolute Gasteiger partial charge is 0.497 e. The third kappa shape index (κ3) is 5.19. The number of rotatable bonds is 10. The van der Waals surface area contributed by atoms with Crippen molar-refractivity contribution in [1.29, 1.82) is 0 Å². The maximum Gasteiger partial charge on any atom is 0.199 e. The molecule has 1 aliphatic heterocycles. The van der Waals surface area contributed by atoms with Crippen molar-refractivity contribution in [3.8, 4) is 5.75 Å². The van der Waals surface area contributed by atoms with Crippen LogP contribution in [0, 0.1) is 0 Å². The van der Waals surface area contributed by atoms with Crippen molar-refractivity contribution >= 4 is 47.4 Å². The highest BCUT2D eigenvalue weighted by atomic mass is 32.5. The van der Waals surface area contributed by atoms with Crippen LogP contribution in [0.1, 0.15) is 31.7 Å². The average molecular weight is 473 g/mol. The number of methoxy groups -OCH3 is 1. The van der Waals surface area contributed by atoms with Gasteiger partial charge in [-0.15, -0.1) is 0 Å².